The van der Waals surface area contributed by atoms with Gasteiger partial charge in [-0.1, -0.05) is 12.8 Å². The topological polar surface area (TPSA) is 55.1 Å². The molecule has 3 heteroatoms. The Hall–Kier alpha value is -0.570. The fourth-order valence-electron chi connectivity index (χ4n) is 3.77. The molecule has 0 heterocycles. The first kappa shape index (κ1) is 11.5. The van der Waals surface area contributed by atoms with Crippen molar-refractivity contribution >= 4 is 5.91 Å². The van der Waals surface area contributed by atoms with E-state index in [2.05, 4.69) is 5.32 Å². The summed E-state index contributed by atoms with van der Waals surface area (Å²) < 4.78 is 0. The maximum absolute atomic E-state index is 12.1. The van der Waals surface area contributed by atoms with E-state index in [1.807, 2.05) is 0 Å². The van der Waals surface area contributed by atoms with Crippen molar-refractivity contribution in [3.63, 3.8) is 0 Å². The Kier molecular flexibility index (Phi) is 2.89. The number of nitrogens with one attached hydrogen (secondary N) is 1. The van der Waals surface area contributed by atoms with Crippen LogP contribution in [-0.4, -0.2) is 19.0 Å². The van der Waals surface area contributed by atoms with Crippen LogP contribution in [0.25, 0.3) is 0 Å². The van der Waals surface area contributed by atoms with Gasteiger partial charge in [-0.25, -0.2) is 0 Å². The van der Waals surface area contributed by atoms with Crippen LogP contribution in [0.2, 0.25) is 0 Å². The Bertz CT molecular complexity index is 299. The van der Waals surface area contributed by atoms with Crippen LogP contribution < -0.4 is 11.1 Å². The first-order valence-electron chi connectivity index (χ1n) is 7.24. The minimum atomic E-state index is 0.338. The van der Waals surface area contributed by atoms with E-state index in [1.165, 1.54) is 38.5 Å². The molecule has 3 saturated carbocycles. The van der Waals surface area contributed by atoms with Crippen molar-refractivity contribution in [3.05, 3.63) is 0 Å². The highest BCUT2D eigenvalue weighted by molar-refractivity contribution is 5.82. The van der Waals surface area contributed by atoms with Crippen LogP contribution in [0, 0.1) is 23.2 Å². The molecule has 3 aliphatic carbocycles. The molecule has 0 bridgehead atoms. The van der Waals surface area contributed by atoms with Crippen LogP contribution in [0.3, 0.4) is 0 Å². The van der Waals surface area contributed by atoms with Crippen molar-refractivity contribution in [2.24, 2.45) is 28.9 Å². The highest BCUT2D eigenvalue weighted by Crippen LogP contribution is 2.55. The van der Waals surface area contributed by atoms with Gasteiger partial charge in [-0.05, 0) is 55.9 Å². The number of amides is 1. The summed E-state index contributed by atoms with van der Waals surface area (Å²) in [6.07, 6.45) is 8.83. The summed E-state index contributed by atoms with van der Waals surface area (Å²) in [5.74, 6) is 2.16. The summed E-state index contributed by atoms with van der Waals surface area (Å²) in [5.41, 5.74) is 6.00. The number of hydrogen-bond donors (Lipinski definition) is 2. The predicted molar refractivity (Wildman–Crippen MR) is 67.3 cm³/mol. The molecule has 3 aliphatic rings. The standard InChI is InChI=1S/C14H24N2O/c15-8-7-14(5-6-14)9-16-13(17)12-10-3-1-2-4-11(10)12/h10-12H,1-9,15H2,(H,16,17). The zero-order chi connectivity index (χ0) is 11.9. The van der Waals surface area contributed by atoms with E-state index in [0.717, 1.165) is 31.3 Å². The van der Waals surface area contributed by atoms with Gasteiger partial charge in [-0.15, -0.1) is 0 Å². The fourth-order valence-corrected chi connectivity index (χ4v) is 3.77. The quantitative estimate of drug-likeness (QED) is 0.763. The second-order valence-corrected chi connectivity index (χ2v) is 6.39. The number of carbonyl (C=O) groups excluding carboxylic acids is 1. The van der Waals surface area contributed by atoms with Crippen molar-refractivity contribution < 1.29 is 4.79 Å². The van der Waals surface area contributed by atoms with Gasteiger partial charge >= 0.3 is 0 Å². The average molecular weight is 236 g/mol. The fraction of sp³-hybridized carbons (Fsp3) is 0.929. The van der Waals surface area contributed by atoms with Crippen LogP contribution in [0.5, 0.6) is 0 Å². The summed E-state index contributed by atoms with van der Waals surface area (Å²) in [6, 6.07) is 0. The summed E-state index contributed by atoms with van der Waals surface area (Å²) in [4.78, 5) is 12.1. The van der Waals surface area contributed by atoms with Gasteiger partial charge in [0.25, 0.3) is 0 Å². The van der Waals surface area contributed by atoms with Gasteiger partial charge < -0.3 is 11.1 Å². The molecule has 0 aromatic carbocycles. The lowest BCUT2D eigenvalue weighted by Gasteiger charge is -2.14. The summed E-state index contributed by atoms with van der Waals surface area (Å²) >= 11 is 0. The molecular formula is C14H24N2O. The SMILES string of the molecule is NCCC1(CNC(=O)C2C3CCCCC32)CC1. The Morgan fingerprint density at radius 1 is 1.24 bits per heavy atom. The lowest BCUT2D eigenvalue weighted by molar-refractivity contribution is -0.123. The molecule has 0 aliphatic heterocycles. The van der Waals surface area contributed by atoms with Gasteiger partial charge in [0.2, 0.25) is 5.91 Å². The van der Waals surface area contributed by atoms with Crippen LogP contribution in [0.15, 0.2) is 0 Å². The summed E-state index contributed by atoms with van der Waals surface area (Å²) in [7, 11) is 0. The molecule has 96 valence electrons. The van der Waals surface area contributed by atoms with Gasteiger partial charge in [-0.2, -0.15) is 0 Å². The monoisotopic (exact) mass is 236 g/mol. The van der Waals surface area contributed by atoms with E-state index in [0.29, 0.717) is 17.2 Å². The highest BCUT2D eigenvalue weighted by Gasteiger charge is 2.55. The molecule has 0 aromatic rings. The lowest BCUT2D eigenvalue weighted by atomic mass is 10.0. The third-order valence-corrected chi connectivity index (χ3v) is 5.23. The molecule has 3 rings (SSSR count). The average Bonchev–Trinajstić information content (AvgIpc) is 3.22. The van der Waals surface area contributed by atoms with Gasteiger partial charge in [-0.3, -0.25) is 4.79 Å². The second kappa shape index (κ2) is 4.27. The zero-order valence-corrected chi connectivity index (χ0v) is 10.6. The number of nitrogens with two attached hydrogens (primary N) is 1. The molecule has 0 saturated heterocycles. The first-order valence-corrected chi connectivity index (χ1v) is 7.24. The Labute approximate surface area is 104 Å². The molecule has 3 N–H and O–H groups in total. The van der Waals surface area contributed by atoms with E-state index in [9.17, 15) is 4.79 Å². The van der Waals surface area contributed by atoms with Gasteiger partial charge in [0, 0.05) is 12.5 Å². The third-order valence-electron chi connectivity index (χ3n) is 5.23. The maximum Gasteiger partial charge on any atom is 0.223 e. The summed E-state index contributed by atoms with van der Waals surface area (Å²) in [6.45, 7) is 1.63. The van der Waals surface area contributed by atoms with E-state index in [1.54, 1.807) is 0 Å². The lowest BCUT2D eigenvalue weighted by Crippen LogP contribution is -2.33. The van der Waals surface area contributed by atoms with Gasteiger partial charge in [0.1, 0.15) is 0 Å². The molecule has 0 radical (unpaired) electrons. The van der Waals surface area contributed by atoms with Crippen molar-refractivity contribution in [2.75, 3.05) is 13.1 Å². The molecule has 2 atom stereocenters. The minimum Gasteiger partial charge on any atom is -0.355 e. The minimum absolute atomic E-state index is 0.338. The zero-order valence-electron chi connectivity index (χ0n) is 10.6. The number of rotatable bonds is 5. The Balaban J connectivity index is 1.45. The Morgan fingerprint density at radius 3 is 2.41 bits per heavy atom. The largest absolute Gasteiger partial charge is 0.355 e. The Morgan fingerprint density at radius 2 is 1.88 bits per heavy atom. The molecule has 17 heavy (non-hydrogen) atoms. The third kappa shape index (κ3) is 2.22. The maximum atomic E-state index is 12.1. The van der Waals surface area contributed by atoms with Crippen molar-refractivity contribution in [3.8, 4) is 0 Å². The predicted octanol–water partition coefficient (Wildman–Crippen LogP) is 1.67. The summed E-state index contributed by atoms with van der Waals surface area (Å²) in [5, 5.41) is 3.19. The van der Waals surface area contributed by atoms with Gasteiger partial charge in [0.15, 0.2) is 0 Å². The highest BCUT2D eigenvalue weighted by atomic mass is 16.2. The van der Waals surface area contributed by atoms with Crippen LogP contribution in [0.4, 0.5) is 0 Å². The van der Waals surface area contributed by atoms with Crippen molar-refractivity contribution in [1.82, 2.24) is 5.32 Å². The van der Waals surface area contributed by atoms with Crippen LogP contribution in [0.1, 0.15) is 44.9 Å². The molecule has 0 aromatic heterocycles. The second-order valence-electron chi connectivity index (χ2n) is 6.39. The van der Waals surface area contributed by atoms with E-state index >= 15 is 0 Å². The van der Waals surface area contributed by atoms with E-state index < -0.39 is 0 Å². The number of hydrogen-bond acceptors (Lipinski definition) is 2. The van der Waals surface area contributed by atoms with Crippen LogP contribution >= 0.6 is 0 Å². The molecular weight excluding hydrogens is 212 g/mol. The molecule has 3 fully saturated rings. The first-order chi connectivity index (χ1) is 8.26. The van der Waals surface area contributed by atoms with E-state index in [4.69, 9.17) is 5.73 Å². The molecule has 3 nitrogen and oxygen atoms in total. The molecule has 2 unspecified atom stereocenters. The number of carbonyl (C=O) groups is 1. The number of fused-ring (bicyclic) bond motifs is 1. The molecule has 0 spiro atoms. The normalized spacial score (nSPS) is 37.1. The molecule has 1 amide bonds. The van der Waals surface area contributed by atoms with Crippen molar-refractivity contribution in [2.45, 2.75) is 44.9 Å². The van der Waals surface area contributed by atoms with Crippen LogP contribution in [-0.2, 0) is 4.79 Å². The van der Waals surface area contributed by atoms with Gasteiger partial charge in [0.05, 0.1) is 0 Å². The smallest absolute Gasteiger partial charge is 0.223 e. The van der Waals surface area contributed by atoms with E-state index in [-0.39, 0.29) is 0 Å². The van der Waals surface area contributed by atoms with Crippen molar-refractivity contribution in [1.29, 1.82) is 0 Å².